The summed E-state index contributed by atoms with van der Waals surface area (Å²) in [5.74, 6) is 0.499. The average molecular weight is 240 g/mol. The van der Waals surface area contributed by atoms with E-state index in [-0.39, 0.29) is 0 Å². The molecule has 1 unspecified atom stereocenters. The zero-order valence-electron chi connectivity index (χ0n) is 11.1. The Kier molecular flexibility index (Phi) is 4.48. The van der Waals surface area contributed by atoms with E-state index >= 15 is 0 Å². The van der Waals surface area contributed by atoms with Crippen LogP contribution in [-0.2, 0) is 6.42 Å². The summed E-state index contributed by atoms with van der Waals surface area (Å²) in [4.78, 5) is 4.23. The maximum atomic E-state index is 4.23. The standard InChI is InChI=1S/C16H20N2/c1-13-8-9-18-12-15(13)10-16(11-17-2)14-6-4-3-5-7-14/h3-9,12,16-17H,10-11H2,1-2H3. The molecule has 0 fully saturated rings. The summed E-state index contributed by atoms with van der Waals surface area (Å²) in [5, 5.41) is 3.29. The number of benzene rings is 1. The molecule has 1 aromatic carbocycles. The molecule has 2 heteroatoms. The van der Waals surface area contributed by atoms with Crippen LogP contribution < -0.4 is 5.32 Å². The third kappa shape index (κ3) is 3.17. The SMILES string of the molecule is CNCC(Cc1cnccc1C)c1ccccc1. The van der Waals surface area contributed by atoms with Crippen molar-refractivity contribution in [3.8, 4) is 0 Å². The van der Waals surface area contributed by atoms with Crippen LogP contribution in [0.2, 0.25) is 0 Å². The van der Waals surface area contributed by atoms with Crippen LogP contribution in [-0.4, -0.2) is 18.6 Å². The van der Waals surface area contributed by atoms with E-state index in [2.05, 4.69) is 53.6 Å². The molecule has 1 aromatic heterocycles. The summed E-state index contributed by atoms with van der Waals surface area (Å²) in [7, 11) is 2.01. The quantitative estimate of drug-likeness (QED) is 0.869. The van der Waals surface area contributed by atoms with Crippen molar-refractivity contribution >= 4 is 0 Å². The maximum absolute atomic E-state index is 4.23. The summed E-state index contributed by atoms with van der Waals surface area (Å²) in [6.07, 6.45) is 4.87. The summed E-state index contributed by atoms with van der Waals surface area (Å²) >= 11 is 0. The van der Waals surface area contributed by atoms with E-state index < -0.39 is 0 Å². The lowest BCUT2D eigenvalue weighted by Gasteiger charge is -2.18. The molecule has 1 heterocycles. The Hall–Kier alpha value is -1.67. The van der Waals surface area contributed by atoms with Crippen molar-refractivity contribution in [3.63, 3.8) is 0 Å². The maximum Gasteiger partial charge on any atom is 0.0302 e. The first kappa shape index (κ1) is 12.8. The highest BCUT2D eigenvalue weighted by Crippen LogP contribution is 2.21. The minimum absolute atomic E-state index is 0.499. The van der Waals surface area contributed by atoms with Gasteiger partial charge in [-0.05, 0) is 43.1 Å². The van der Waals surface area contributed by atoms with Gasteiger partial charge in [-0.1, -0.05) is 30.3 Å². The fourth-order valence-corrected chi connectivity index (χ4v) is 2.26. The smallest absolute Gasteiger partial charge is 0.0302 e. The van der Waals surface area contributed by atoms with Gasteiger partial charge in [0.2, 0.25) is 0 Å². The zero-order chi connectivity index (χ0) is 12.8. The van der Waals surface area contributed by atoms with E-state index in [9.17, 15) is 0 Å². The first-order valence-electron chi connectivity index (χ1n) is 6.40. The van der Waals surface area contributed by atoms with Crippen LogP contribution in [0.4, 0.5) is 0 Å². The highest BCUT2D eigenvalue weighted by molar-refractivity contribution is 5.27. The summed E-state index contributed by atoms with van der Waals surface area (Å²) in [5.41, 5.74) is 4.04. The minimum Gasteiger partial charge on any atom is -0.319 e. The normalized spacial score (nSPS) is 12.3. The van der Waals surface area contributed by atoms with Crippen molar-refractivity contribution in [2.45, 2.75) is 19.3 Å². The average Bonchev–Trinajstić information content (AvgIpc) is 2.42. The van der Waals surface area contributed by atoms with Crippen LogP contribution in [0.15, 0.2) is 48.8 Å². The largest absolute Gasteiger partial charge is 0.319 e. The number of hydrogen-bond acceptors (Lipinski definition) is 2. The molecule has 0 radical (unpaired) electrons. The molecule has 0 aliphatic rings. The van der Waals surface area contributed by atoms with Crippen LogP contribution >= 0.6 is 0 Å². The summed E-state index contributed by atoms with van der Waals surface area (Å²) < 4.78 is 0. The van der Waals surface area contributed by atoms with Gasteiger partial charge in [0.05, 0.1) is 0 Å². The Morgan fingerprint density at radius 2 is 1.94 bits per heavy atom. The Labute approximate surface area is 109 Å². The molecule has 0 aliphatic heterocycles. The molecule has 0 spiro atoms. The molecule has 0 saturated carbocycles. The van der Waals surface area contributed by atoms with Crippen molar-refractivity contribution in [1.82, 2.24) is 10.3 Å². The molecule has 0 amide bonds. The lowest BCUT2D eigenvalue weighted by atomic mass is 9.91. The Bertz CT molecular complexity index is 479. The van der Waals surface area contributed by atoms with Gasteiger partial charge in [0.25, 0.3) is 0 Å². The molecule has 18 heavy (non-hydrogen) atoms. The molecule has 0 bridgehead atoms. The molecule has 2 nitrogen and oxygen atoms in total. The minimum atomic E-state index is 0.499. The fraction of sp³-hybridized carbons (Fsp3) is 0.312. The van der Waals surface area contributed by atoms with Crippen LogP contribution in [0, 0.1) is 6.92 Å². The van der Waals surface area contributed by atoms with Gasteiger partial charge in [-0.15, -0.1) is 0 Å². The van der Waals surface area contributed by atoms with Gasteiger partial charge in [-0.25, -0.2) is 0 Å². The van der Waals surface area contributed by atoms with Crippen LogP contribution in [0.25, 0.3) is 0 Å². The Morgan fingerprint density at radius 1 is 1.17 bits per heavy atom. The first-order chi connectivity index (χ1) is 8.81. The third-order valence-electron chi connectivity index (χ3n) is 3.34. The lowest BCUT2D eigenvalue weighted by Crippen LogP contribution is -2.19. The number of pyridine rings is 1. The molecule has 0 saturated heterocycles. The van der Waals surface area contributed by atoms with Crippen molar-refractivity contribution in [2.75, 3.05) is 13.6 Å². The number of aromatic nitrogens is 1. The molecular formula is C16H20N2. The van der Waals surface area contributed by atoms with E-state index in [1.54, 1.807) is 0 Å². The van der Waals surface area contributed by atoms with Crippen LogP contribution in [0.3, 0.4) is 0 Å². The van der Waals surface area contributed by atoms with E-state index in [0.29, 0.717) is 5.92 Å². The van der Waals surface area contributed by atoms with Crippen molar-refractivity contribution in [3.05, 3.63) is 65.5 Å². The lowest BCUT2D eigenvalue weighted by molar-refractivity contribution is 0.623. The first-order valence-corrected chi connectivity index (χ1v) is 6.40. The van der Waals surface area contributed by atoms with E-state index in [1.807, 2.05) is 19.4 Å². The van der Waals surface area contributed by atoms with Gasteiger partial charge in [-0.3, -0.25) is 4.98 Å². The van der Waals surface area contributed by atoms with Crippen molar-refractivity contribution in [1.29, 1.82) is 0 Å². The van der Waals surface area contributed by atoms with E-state index in [4.69, 9.17) is 0 Å². The number of nitrogens with one attached hydrogen (secondary N) is 1. The topological polar surface area (TPSA) is 24.9 Å². The monoisotopic (exact) mass is 240 g/mol. The highest BCUT2D eigenvalue weighted by atomic mass is 14.8. The van der Waals surface area contributed by atoms with Gasteiger partial charge < -0.3 is 5.32 Å². The number of hydrogen-bond donors (Lipinski definition) is 1. The molecule has 1 atom stereocenters. The molecular weight excluding hydrogens is 220 g/mol. The Balaban J connectivity index is 2.19. The van der Waals surface area contributed by atoms with E-state index in [0.717, 1.165) is 13.0 Å². The molecule has 94 valence electrons. The van der Waals surface area contributed by atoms with Crippen LogP contribution in [0.1, 0.15) is 22.6 Å². The van der Waals surface area contributed by atoms with Gasteiger partial charge in [0.15, 0.2) is 0 Å². The second-order valence-corrected chi connectivity index (χ2v) is 4.67. The van der Waals surface area contributed by atoms with Gasteiger partial charge >= 0.3 is 0 Å². The number of nitrogens with zero attached hydrogens (tertiary/aromatic N) is 1. The molecule has 1 N–H and O–H groups in total. The molecule has 2 rings (SSSR count). The number of rotatable bonds is 5. The van der Waals surface area contributed by atoms with Crippen molar-refractivity contribution in [2.24, 2.45) is 0 Å². The van der Waals surface area contributed by atoms with Crippen LogP contribution in [0.5, 0.6) is 0 Å². The van der Waals surface area contributed by atoms with Gasteiger partial charge in [-0.2, -0.15) is 0 Å². The van der Waals surface area contributed by atoms with Crippen molar-refractivity contribution < 1.29 is 0 Å². The predicted octanol–water partition coefficient (Wildman–Crippen LogP) is 2.94. The Morgan fingerprint density at radius 3 is 2.61 bits per heavy atom. The zero-order valence-corrected chi connectivity index (χ0v) is 11.1. The highest BCUT2D eigenvalue weighted by Gasteiger charge is 2.12. The van der Waals surface area contributed by atoms with Gasteiger partial charge in [0, 0.05) is 24.9 Å². The summed E-state index contributed by atoms with van der Waals surface area (Å²) in [6, 6.07) is 12.8. The third-order valence-corrected chi connectivity index (χ3v) is 3.34. The molecule has 0 aliphatic carbocycles. The number of likely N-dealkylation sites (N-methyl/N-ethyl adjacent to an activating group) is 1. The van der Waals surface area contributed by atoms with E-state index in [1.165, 1.54) is 16.7 Å². The second kappa shape index (κ2) is 6.31. The fourth-order valence-electron chi connectivity index (χ4n) is 2.26. The summed E-state index contributed by atoms with van der Waals surface area (Å²) in [6.45, 7) is 3.14. The second-order valence-electron chi connectivity index (χ2n) is 4.67. The van der Waals surface area contributed by atoms with Gasteiger partial charge in [0.1, 0.15) is 0 Å². The number of aryl methyl sites for hydroxylation is 1. The predicted molar refractivity (Wildman–Crippen MR) is 75.8 cm³/mol. The molecule has 2 aromatic rings.